The largest absolute Gasteiger partial charge is 0.381 e. The Bertz CT molecular complexity index is 2390. The molecule has 0 fully saturated rings. The molecule has 0 spiro atoms. The highest BCUT2D eigenvalue weighted by atomic mass is 14.9. The lowest BCUT2D eigenvalue weighted by atomic mass is 9.93. The molecular weight excluding hydrogens is 556 g/mol. The van der Waals surface area contributed by atoms with Crippen LogP contribution in [0.4, 0.5) is 0 Å². The molecule has 1 unspecified atom stereocenters. The predicted octanol–water partition coefficient (Wildman–Crippen LogP) is 10.8. The molecule has 0 aliphatic heterocycles. The van der Waals surface area contributed by atoms with Crippen molar-refractivity contribution in [2.75, 3.05) is 0 Å². The molecule has 0 saturated carbocycles. The fraction of sp³-hybridized carbons (Fsp3) is 0.0455. The molecule has 0 aliphatic rings. The van der Waals surface area contributed by atoms with Crippen molar-refractivity contribution in [3.8, 4) is 11.1 Å². The van der Waals surface area contributed by atoms with E-state index >= 15 is 0 Å². The van der Waals surface area contributed by atoms with Gasteiger partial charge in [0.05, 0.1) is 6.04 Å². The summed E-state index contributed by atoms with van der Waals surface area (Å²) in [6.45, 7) is 0.656. The Kier molecular flexibility index (Phi) is 7.26. The summed E-state index contributed by atoms with van der Waals surface area (Å²) < 4.78 is 0. The number of nitrogens with two attached hydrogens (primary N) is 1. The van der Waals surface area contributed by atoms with Gasteiger partial charge in [0, 0.05) is 12.2 Å². The highest BCUT2D eigenvalue weighted by Gasteiger charge is 2.13. The first-order valence-corrected chi connectivity index (χ1v) is 15.9. The van der Waals surface area contributed by atoms with Crippen LogP contribution in [-0.2, 0) is 6.54 Å². The fourth-order valence-corrected chi connectivity index (χ4v) is 6.73. The number of fused-ring (bicyclic) bond motifs is 5. The normalized spacial score (nSPS) is 12.6. The first-order chi connectivity index (χ1) is 22.7. The van der Waals surface area contributed by atoms with E-state index in [1.54, 1.807) is 0 Å². The minimum atomic E-state index is -0.263. The number of hydrogen-bond acceptors (Lipinski definition) is 2. The van der Waals surface area contributed by atoms with E-state index in [9.17, 15) is 0 Å². The Hall–Kier alpha value is -5.70. The van der Waals surface area contributed by atoms with E-state index in [1.165, 1.54) is 59.8 Å². The predicted molar refractivity (Wildman–Crippen MR) is 197 cm³/mol. The van der Waals surface area contributed by atoms with E-state index in [1.807, 2.05) is 18.2 Å². The standard InChI is InChI=1S/C44H34N2/c45-43(32-13-2-1-3-14-32)28-44(37-18-10-17-34(26-37)35-22-21-30-11-4-5-15-33(30)25-35)46-29-42-39-20-9-7-16-36(39)27-41-38-19-8-6-12-31(38)23-24-40(41)42/h1-28,43,46H,29,45H2/b44-28-. The van der Waals surface area contributed by atoms with E-state index in [0.717, 1.165) is 16.8 Å². The Balaban J connectivity index is 1.23. The first-order valence-electron chi connectivity index (χ1n) is 15.9. The Morgan fingerprint density at radius 1 is 0.500 bits per heavy atom. The van der Waals surface area contributed by atoms with Gasteiger partial charge in [-0.3, -0.25) is 0 Å². The Morgan fingerprint density at radius 3 is 2.02 bits per heavy atom. The second-order valence-corrected chi connectivity index (χ2v) is 12.0. The van der Waals surface area contributed by atoms with Crippen LogP contribution in [-0.4, -0.2) is 0 Å². The lowest BCUT2D eigenvalue weighted by Gasteiger charge is -2.19. The van der Waals surface area contributed by atoms with Crippen LogP contribution in [0.2, 0.25) is 0 Å². The van der Waals surface area contributed by atoms with Gasteiger partial charge in [-0.05, 0) is 95.2 Å². The van der Waals surface area contributed by atoms with Gasteiger partial charge in [0.15, 0.2) is 0 Å². The number of hydrogen-bond donors (Lipinski definition) is 2. The molecule has 0 amide bonds. The van der Waals surface area contributed by atoms with Crippen molar-refractivity contribution in [2.24, 2.45) is 5.73 Å². The van der Waals surface area contributed by atoms with Crippen molar-refractivity contribution in [2.45, 2.75) is 12.6 Å². The van der Waals surface area contributed by atoms with Crippen LogP contribution in [0, 0.1) is 0 Å². The SMILES string of the molecule is NC(/C=C(\NCc1c2ccccc2cc2c1ccc1ccccc12)c1cccc(-c2ccc3ccccc3c2)c1)c1ccccc1. The van der Waals surface area contributed by atoms with Crippen molar-refractivity contribution in [1.29, 1.82) is 0 Å². The summed E-state index contributed by atoms with van der Waals surface area (Å²) in [6, 6.07) is 58.2. The summed E-state index contributed by atoms with van der Waals surface area (Å²) in [5.74, 6) is 0. The minimum Gasteiger partial charge on any atom is -0.381 e. The molecule has 1 atom stereocenters. The maximum Gasteiger partial charge on any atom is 0.0504 e. The van der Waals surface area contributed by atoms with E-state index in [2.05, 4.69) is 157 Å². The second-order valence-electron chi connectivity index (χ2n) is 12.0. The molecule has 0 saturated heterocycles. The molecule has 2 nitrogen and oxygen atoms in total. The molecule has 0 radical (unpaired) electrons. The van der Waals surface area contributed by atoms with Crippen LogP contribution < -0.4 is 11.1 Å². The van der Waals surface area contributed by atoms with Crippen molar-refractivity contribution >= 4 is 48.8 Å². The van der Waals surface area contributed by atoms with Crippen LogP contribution in [0.5, 0.6) is 0 Å². The molecule has 8 aromatic carbocycles. The van der Waals surface area contributed by atoms with E-state index in [4.69, 9.17) is 5.73 Å². The third-order valence-electron chi connectivity index (χ3n) is 9.12. The zero-order chi connectivity index (χ0) is 30.9. The smallest absolute Gasteiger partial charge is 0.0504 e. The van der Waals surface area contributed by atoms with Crippen molar-refractivity contribution in [3.63, 3.8) is 0 Å². The lowest BCUT2D eigenvalue weighted by molar-refractivity contribution is 0.865. The van der Waals surface area contributed by atoms with Gasteiger partial charge >= 0.3 is 0 Å². The van der Waals surface area contributed by atoms with Gasteiger partial charge in [0.2, 0.25) is 0 Å². The molecule has 2 heteroatoms. The molecule has 8 rings (SSSR count). The van der Waals surface area contributed by atoms with Crippen LogP contribution >= 0.6 is 0 Å². The molecular formula is C44H34N2. The molecule has 0 aliphatic carbocycles. The van der Waals surface area contributed by atoms with Gasteiger partial charge in [0.1, 0.15) is 0 Å². The highest BCUT2D eigenvalue weighted by molar-refractivity contribution is 6.14. The van der Waals surface area contributed by atoms with E-state index < -0.39 is 0 Å². The van der Waals surface area contributed by atoms with Crippen molar-refractivity contribution in [1.82, 2.24) is 5.32 Å². The Labute approximate surface area is 269 Å². The minimum absolute atomic E-state index is 0.263. The summed E-state index contributed by atoms with van der Waals surface area (Å²) in [5, 5.41) is 13.9. The molecule has 0 heterocycles. The Morgan fingerprint density at radius 2 is 1.17 bits per heavy atom. The first kappa shape index (κ1) is 27.8. The molecule has 8 aromatic rings. The molecule has 3 N–H and O–H groups in total. The zero-order valence-corrected chi connectivity index (χ0v) is 25.5. The van der Waals surface area contributed by atoms with Gasteiger partial charge in [-0.25, -0.2) is 0 Å². The molecule has 46 heavy (non-hydrogen) atoms. The highest BCUT2D eigenvalue weighted by Crippen LogP contribution is 2.34. The number of benzene rings is 8. The maximum absolute atomic E-state index is 6.84. The van der Waals surface area contributed by atoms with Gasteiger partial charge in [-0.1, -0.05) is 146 Å². The van der Waals surface area contributed by atoms with E-state index in [-0.39, 0.29) is 6.04 Å². The fourth-order valence-electron chi connectivity index (χ4n) is 6.73. The number of nitrogens with one attached hydrogen (secondary N) is 1. The third kappa shape index (κ3) is 5.30. The van der Waals surface area contributed by atoms with Crippen LogP contribution in [0.1, 0.15) is 22.7 Å². The third-order valence-corrected chi connectivity index (χ3v) is 9.12. The summed E-state index contributed by atoms with van der Waals surface area (Å²) in [5.41, 5.74) is 13.7. The molecule has 220 valence electrons. The molecule has 0 bridgehead atoms. The molecule has 0 aromatic heterocycles. The summed E-state index contributed by atoms with van der Waals surface area (Å²) in [6.07, 6.45) is 2.16. The van der Waals surface area contributed by atoms with Gasteiger partial charge < -0.3 is 11.1 Å². The van der Waals surface area contributed by atoms with Crippen molar-refractivity contribution in [3.05, 3.63) is 187 Å². The topological polar surface area (TPSA) is 38.0 Å². The van der Waals surface area contributed by atoms with Gasteiger partial charge in [-0.2, -0.15) is 0 Å². The monoisotopic (exact) mass is 590 g/mol. The lowest BCUT2D eigenvalue weighted by Crippen LogP contribution is -2.16. The maximum atomic E-state index is 6.84. The van der Waals surface area contributed by atoms with Crippen LogP contribution in [0.3, 0.4) is 0 Å². The quantitative estimate of drug-likeness (QED) is 0.143. The van der Waals surface area contributed by atoms with Gasteiger partial charge in [0.25, 0.3) is 0 Å². The average Bonchev–Trinajstić information content (AvgIpc) is 3.13. The average molecular weight is 591 g/mol. The summed E-state index contributed by atoms with van der Waals surface area (Å²) in [4.78, 5) is 0. The summed E-state index contributed by atoms with van der Waals surface area (Å²) in [7, 11) is 0. The van der Waals surface area contributed by atoms with E-state index in [0.29, 0.717) is 6.54 Å². The van der Waals surface area contributed by atoms with Crippen LogP contribution in [0.25, 0.3) is 59.9 Å². The second kappa shape index (κ2) is 12.0. The van der Waals surface area contributed by atoms with Gasteiger partial charge in [-0.15, -0.1) is 0 Å². The zero-order valence-electron chi connectivity index (χ0n) is 25.5. The van der Waals surface area contributed by atoms with Crippen LogP contribution in [0.15, 0.2) is 170 Å². The van der Waals surface area contributed by atoms with Crippen molar-refractivity contribution < 1.29 is 0 Å². The summed E-state index contributed by atoms with van der Waals surface area (Å²) >= 11 is 0. The number of rotatable bonds is 7.